The Morgan fingerprint density at radius 2 is 2.00 bits per heavy atom. The number of benzene rings is 1. The van der Waals surface area contributed by atoms with Gasteiger partial charge >= 0.3 is 0 Å². The molecule has 1 aromatic rings. The first-order chi connectivity index (χ1) is 9.28. The molecule has 0 aromatic heterocycles. The molecule has 0 amide bonds. The normalized spacial score (nSPS) is 20.6. The molecule has 1 aliphatic rings. The average molecular weight is 261 g/mol. The summed E-state index contributed by atoms with van der Waals surface area (Å²) in [5.41, 5.74) is 1.34. The van der Waals surface area contributed by atoms with E-state index in [-0.39, 0.29) is 0 Å². The fraction of sp³-hybridized carbons (Fsp3) is 0.647. The van der Waals surface area contributed by atoms with Crippen molar-refractivity contribution < 1.29 is 5.11 Å². The van der Waals surface area contributed by atoms with Gasteiger partial charge in [0.15, 0.2) is 0 Å². The summed E-state index contributed by atoms with van der Waals surface area (Å²) in [6.07, 6.45) is 7.82. The highest BCUT2D eigenvalue weighted by atomic mass is 16.3. The van der Waals surface area contributed by atoms with E-state index in [4.69, 9.17) is 0 Å². The summed E-state index contributed by atoms with van der Waals surface area (Å²) in [4.78, 5) is 2.65. The third-order valence-corrected chi connectivity index (χ3v) is 4.31. The minimum atomic E-state index is 0.364. The van der Waals surface area contributed by atoms with Gasteiger partial charge in [0.25, 0.3) is 0 Å². The summed E-state index contributed by atoms with van der Waals surface area (Å²) in [5, 5.41) is 9.24. The van der Waals surface area contributed by atoms with Crippen LogP contribution in [0, 0.1) is 5.92 Å². The second-order valence-corrected chi connectivity index (χ2v) is 5.84. The molecular formula is C17H27NO. The number of phenols is 1. The van der Waals surface area contributed by atoms with Crippen LogP contribution < -0.4 is 0 Å². The van der Waals surface area contributed by atoms with Crippen LogP contribution in [0.4, 0.5) is 0 Å². The number of unbranched alkanes of at least 4 members (excludes halogenated alkanes) is 1. The van der Waals surface area contributed by atoms with Gasteiger partial charge in [-0.05, 0) is 68.8 Å². The molecule has 2 heteroatoms. The minimum absolute atomic E-state index is 0.364. The third kappa shape index (κ3) is 4.87. The molecule has 1 aromatic carbocycles. The molecule has 1 aliphatic heterocycles. The van der Waals surface area contributed by atoms with Crippen molar-refractivity contribution in [3.05, 3.63) is 29.8 Å². The van der Waals surface area contributed by atoms with Crippen molar-refractivity contribution in [3.63, 3.8) is 0 Å². The first-order valence-corrected chi connectivity index (χ1v) is 7.78. The van der Waals surface area contributed by atoms with Gasteiger partial charge in [-0.15, -0.1) is 0 Å². The van der Waals surface area contributed by atoms with E-state index in [9.17, 15) is 5.11 Å². The smallest absolute Gasteiger partial charge is 0.115 e. The summed E-state index contributed by atoms with van der Waals surface area (Å²) in [7, 11) is 0. The molecule has 1 heterocycles. The number of aryl methyl sites for hydroxylation is 1. The zero-order valence-corrected chi connectivity index (χ0v) is 12.1. The predicted octanol–water partition coefficient (Wildman–Crippen LogP) is 3.84. The SMILES string of the molecule is CCC1CCCN(CCCCc2ccc(O)cc2)C1. The highest BCUT2D eigenvalue weighted by Gasteiger charge is 2.17. The first kappa shape index (κ1) is 14.4. The monoisotopic (exact) mass is 261 g/mol. The number of phenolic OH excluding ortho intramolecular Hbond substituents is 1. The molecule has 1 saturated heterocycles. The van der Waals surface area contributed by atoms with Crippen LogP contribution in [-0.2, 0) is 6.42 Å². The molecule has 0 spiro atoms. The van der Waals surface area contributed by atoms with Crippen molar-refractivity contribution in [2.75, 3.05) is 19.6 Å². The Morgan fingerprint density at radius 1 is 1.21 bits per heavy atom. The van der Waals surface area contributed by atoms with Gasteiger partial charge in [0, 0.05) is 6.54 Å². The van der Waals surface area contributed by atoms with Crippen LogP contribution in [0.15, 0.2) is 24.3 Å². The van der Waals surface area contributed by atoms with Crippen LogP contribution in [0.3, 0.4) is 0 Å². The van der Waals surface area contributed by atoms with Crippen molar-refractivity contribution in [1.29, 1.82) is 0 Å². The van der Waals surface area contributed by atoms with Crippen LogP contribution in [0.5, 0.6) is 5.75 Å². The highest BCUT2D eigenvalue weighted by Crippen LogP contribution is 2.19. The molecule has 19 heavy (non-hydrogen) atoms. The van der Waals surface area contributed by atoms with E-state index in [1.807, 2.05) is 12.1 Å². The van der Waals surface area contributed by atoms with Crippen molar-refractivity contribution >= 4 is 0 Å². The average Bonchev–Trinajstić information content (AvgIpc) is 2.46. The van der Waals surface area contributed by atoms with E-state index in [1.165, 1.54) is 57.3 Å². The van der Waals surface area contributed by atoms with E-state index >= 15 is 0 Å². The van der Waals surface area contributed by atoms with Gasteiger partial charge in [0.05, 0.1) is 0 Å². The maximum absolute atomic E-state index is 9.24. The maximum atomic E-state index is 9.24. The van der Waals surface area contributed by atoms with Crippen molar-refractivity contribution in [2.24, 2.45) is 5.92 Å². The summed E-state index contributed by atoms with van der Waals surface area (Å²) in [6.45, 7) is 6.19. The number of hydrogen-bond acceptors (Lipinski definition) is 2. The topological polar surface area (TPSA) is 23.5 Å². The van der Waals surface area contributed by atoms with E-state index in [2.05, 4.69) is 11.8 Å². The number of aromatic hydroxyl groups is 1. The lowest BCUT2D eigenvalue weighted by atomic mass is 9.95. The lowest BCUT2D eigenvalue weighted by Crippen LogP contribution is -2.35. The summed E-state index contributed by atoms with van der Waals surface area (Å²) in [5.74, 6) is 1.30. The minimum Gasteiger partial charge on any atom is -0.508 e. The van der Waals surface area contributed by atoms with Gasteiger partial charge in [0.1, 0.15) is 5.75 Å². The van der Waals surface area contributed by atoms with Gasteiger partial charge in [-0.1, -0.05) is 25.5 Å². The fourth-order valence-electron chi connectivity index (χ4n) is 3.01. The van der Waals surface area contributed by atoms with E-state index in [1.54, 1.807) is 12.1 Å². The second-order valence-electron chi connectivity index (χ2n) is 5.84. The highest BCUT2D eigenvalue weighted by molar-refractivity contribution is 5.25. The number of nitrogens with zero attached hydrogens (tertiary/aromatic N) is 1. The van der Waals surface area contributed by atoms with Gasteiger partial charge in [-0.2, -0.15) is 0 Å². The molecule has 1 N–H and O–H groups in total. The molecule has 0 bridgehead atoms. The predicted molar refractivity (Wildman–Crippen MR) is 80.5 cm³/mol. The zero-order chi connectivity index (χ0) is 13.5. The summed E-state index contributed by atoms with van der Waals surface area (Å²) < 4.78 is 0. The Labute approximate surface area is 117 Å². The standard InChI is InChI=1S/C17H27NO/c1-2-15-7-5-13-18(14-15)12-4-3-6-16-8-10-17(19)11-9-16/h8-11,15,19H,2-7,12-14H2,1H3. The Balaban J connectivity index is 1.62. The molecule has 106 valence electrons. The Hall–Kier alpha value is -1.02. The first-order valence-electron chi connectivity index (χ1n) is 7.78. The molecule has 2 rings (SSSR count). The van der Waals surface area contributed by atoms with E-state index < -0.39 is 0 Å². The maximum Gasteiger partial charge on any atom is 0.115 e. The lowest BCUT2D eigenvalue weighted by Gasteiger charge is -2.32. The Bertz CT molecular complexity index is 360. The van der Waals surface area contributed by atoms with Crippen LogP contribution >= 0.6 is 0 Å². The van der Waals surface area contributed by atoms with Crippen LogP contribution in [0.25, 0.3) is 0 Å². The van der Waals surface area contributed by atoms with Crippen molar-refractivity contribution in [1.82, 2.24) is 4.90 Å². The number of piperidine rings is 1. The zero-order valence-electron chi connectivity index (χ0n) is 12.1. The molecule has 1 atom stereocenters. The van der Waals surface area contributed by atoms with E-state index in [0.29, 0.717) is 5.75 Å². The van der Waals surface area contributed by atoms with Gasteiger partial charge in [-0.25, -0.2) is 0 Å². The quantitative estimate of drug-likeness (QED) is 0.787. The molecule has 0 aliphatic carbocycles. The second kappa shape index (κ2) is 7.54. The fourth-order valence-corrected chi connectivity index (χ4v) is 3.01. The van der Waals surface area contributed by atoms with Crippen LogP contribution in [0.2, 0.25) is 0 Å². The molecule has 2 nitrogen and oxygen atoms in total. The van der Waals surface area contributed by atoms with Crippen LogP contribution in [0.1, 0.15) is 44.6 Å². The van der Waals surface area contributed by atoms with Gasteiger partial charge in [0.2, 0.25) is 0 Å². The number of rotatable bonds is 6. The van der Waals surface area contributed by atoms with Crippen molar-refractivity contribution in [3.8, 4) is 5.75 Å². The number of likely N-dealkylation sites (tertiary alicyclic amines) is 1. The molecule has 1 unspecified atom stereocenters. The van der Waals surface area contributed by atoms with Gasteiger partial charge < -0.3 is 10.0 Å². The molecule has 1 fully saturated rings. The van der Waals surface area contributed by atoms with Crippen LogP contribution in [-0.4, -0.2) is 29.6 Å². The molecular weight excluding hydrogens is 234 g/mol. The Morgan fingerprint density at radius 3 is 2.74 bits per heavy atom. The van der Waals surface area contributed by atoms with Crippen molar-refractivity contribution in [2.45, 2.75) is 45.4 Å². The lowest BCUT2D eigenvalue weighted by molar-refractivity contribution is 0.169. The Kier molecular flexibility index (Phi) is 5.71. The third-order valence-electron chi connectivity index (χ3n) is 4.31. The number of hydrogen-bond donors (Lipinski definition) is 1. The summed E-state index contributed by atoms with van der Waals surface area (Å²) >= 11 is 0. The largest absolute Gasteiger partial charge is 0.508 e. The molecule has 0 saturated carbocycles. The van der Waals surface area contributed by atoms with E-state index in [0.717, 1.165) is 12.3 Å². The molecule has 0 radical (unpaired) electrons. The summed E-state index contributed by atoms with van der Waals surface area (Å²) in [6, 6.07) is 7.63. The van der Waals surface area contributed by atoms with Gasteiger partial charge in [-0.3, -0.25) is 0 Å².